The number of nitrogens with zero attached hydrogens (tertiary/aromatic N) is 1. The van der Waals surface area contributed by atoms with Gasteiger partial charge in [-0.2, -0.15) is 0 Å². The van der Waals surface area contributed by atoms with Crippen molar-refractivity contribution in [1.82, 2.24) is 0 Å². The Morgan fingerprint density at radius 3 is 2.20 bits per heavy atom. The average molecular weight is 405 g/mol. The average Bonchev–Trinajstić information content (AvgIpc) is 2.42. The minimum atomic E-state index is -0.413. The van der Waals surface area contributed by atoms with E-state index in [-0.39, 0.29) is 35.5 Å². The molecule has 2 aromatic carbocycles. The Labute approximate surface area is 137 Å². The number of halogens is 3. The molecule has 6 heteroatoms. The van der Waals surface area contributed by atoms with Crippen molar-refractivity contribution < 1.29 is 32.8 Å². The number of nitrogens with one attached hydrogen (secondary N) is 1. The molecule has 2 rings (SSSR count). The number of rotatable bonds is 2. The highest BCUT2D eigenvalue weighted by Gasteiger charge is 2.05. The molecule has 0 radical (unpaired) electrons. The monoisotopic (exact) mass is 405 g/mol. The molecule has 0 unspecified atom stereocenters. The number of aliphatic imine (C=N–C) groups is 1. The van der Waals surface area contributed by atoms with E-state index >= 15 is 0 Å². The molecule has 0 amide bonds. The summed E-state index contributed by atoms with van der Waals surface area (Å²) in [7, 11) is 0. The second-order valence-electron chi connectivity index (χ2n) is 3.68. The molecule has 0 atom stereocenters. The number of hydrogen-bond donors (Lipinski definition) is 1. The van der Waals surface area contributed by atoms with Gasteiger partial charge < -0.3 is 29.3 Å². The number of anilines is 1. The lowest BCUT2D eigenvalue weighted by Gasteiger charge is -2.08. The van der Waals surface area contributed by atoms with E-state index in [4.69, 9.17) is 0 Å². The number of para-hydroxylation sites is 2. The second kappa shape index (κ2) is 8.21. The molecule has 0 saturated heterocycles. The minimum absolute atomic E-state index is 0. The summed E-state index contributed by atoms with van der Waals surface area (Å²) in [5, 5.41) is 3.27. The Kier molecular flexibility index (Phi) is 6.94. The zero-order valence-corrected chi connectivity index (χ0v) is 13.6. The summed E-state index contributed by atoms with van der Waals surface area (Å²) in [5.41, 5.74) is 0.530. The molecule has 106 valence electrons. The number of thioether (sulfide) groups is 1. The van der Waals surface area contributed by atoms with Crippen LogP contribution in [0.2, 0.25) is 0 Å². The third-order valence-corrected chi connectivity index (χ3v) is 2.96. The molecule has 0 bridgehead atoms. The van der Waals surface area contributed by atoms with Gasteiger partial charge in [-0.1, -0.05) is 36.0 Å². The van der Waals surface area contributed by atoms with Crippen LogP contribution in [0.1, 0.15) is 0 Å². The second-order valence-corrected chi connectivity index (χ2v) is 4.47. The summed E-state index contributed by atoms with van der Waals surface area (Å²) in [5.74, 6) is -0.790. The summed E-state index contributed by atoms with van der Waals surface area (Å²) >= 11 is 1.28. The van der Waals surface area contributed by atoms with Crippen LogP contribution in [-0.4, -0.2) is 11.4 Å². The largest absolute Gasteiger partial charge is 1.00 e. The molecular weight excluding hydrogens is 393 g/mol. The topological polar surface area (TPSA) is 24.4 Å². The van der Waals surface area contributed by atoms with E-state index in [0.717, 1.165) is 0 Å². The quantitative estimate of drug-likeness (QED) is 0.465. The molecule has 0 aliphatic carbocycles. The van der Waals surface area contributed by atoms with Gasteiger partial charge in [-0.25, -0.2) is 13.8 Å². The predicted octanol–water partition coefficient (Wildman–Crippen LogP) is 1.43. The van der Waals surface area contributed by atoms with Crippen molar-refractivity contribution in [1.29, 1.82) is 0 Å². The van der Waals surface area contributed by atoms with Crippen LogP contribution in [0.3, 0.4) is 0 Å². The molecule has 20 heavy (non-hydrogen) atoms. The lowest BCUT2D eigenvalue weighted by molar-refractivity contribution is -0.00000490. The van der Waals surface area contributed by atoms with Crippen molar-refractivity contribution in [3.05, 3.63) is 60.2 Å². The summed E-state index contributed by atoms with van der Waals surface area (Å²) < 4.78 is 27.0. The Balaban J connectivity index is 0.00000200. The Bertz CT molecular complexity index is 605. The maximum Gasteiger partial charge on any atom is 0.166 e. The van der Waals surface area contributed by atoms with E-state index < -0.39 is 5.82 Å². The van der Waals surface area contributed by atoms with Crippen LogP contribution in [0.5, 0.6) is 0 Å². The fraction of sp³-hybridized carbons (Fsp3) is 0.0714. The van der Waals surface area contributed by atoms with Gasteiger partial charge in [0.1, 0.15) is 17.3 Å². The van der Waals surface area contributed by atoms with Gasteiger partial charge in [-0.3, -0.25) is 0 Å². The third kappa shape index (κ3) is 4.45. The molecule has 0 heterocycles. The van der Waals surface area contributed by atoms with Crippen LogP contribution in [0.25, 0.3) is 0 Å². The lowest BCUT2D eigenvalue weighted by Crippen LogP contribution is -3.00. The van der Waals surface area contributed by atoms with Crippen LogP contribution in [0, 0.1) is 11.6 Å². The number of hydrogen-bond acceptors (Lipinski definition) is 2. The summed E-state index contributed by atoms with van der Waals surface area (Å²) in [6.45, 7) is 0. The van der Waals surface area contributed by atoms with E-state index in [1.54, 1.807) is 42.7 Å². The van der Waals surface area contributed by atoms with Gasteiger partial charge in [-0.15, -0.1) is 0 Å². The predicted molar refractivity (Wildman–Crippen MR) is 77.0 cm³/mol. The highest BCUT2D eigenvalue weighted by atomic mass is 127. The lowest BCUT2D eigenvalue weighted by atomic mass is 10.3. The fourth-order valence-corrected chi connectivity index (χ4v) is 1.86. The van der Waals surface area contributed by atoms with Gasteiger partial charge in [-0.05, 0) is 30.5 Å². The van der Waals surface area contributed by atoms with Crippen LogP contribution in [0.15, 0.2) is 53.5 Å². The molecule has 0 spiro atoms. The molecule has 0 aromatic heterocycles. The Morgan fingerprint density at radius 2 is 1.60 bits per heavy atom. The van der Waals surface area contributed by atoms with Gasteiger partial charge in [0, 0.05) is 0 Å². The van der Waals surface area contributed by atoms with Crippen molar-refractivity contribution in [3.8, 4) is 0 Å². The van der Waals surface area contributed by atoms with Crippen LogP contribution in [0.4, 0.5) is 20.2 Å². The van der Waals surface area contributed by atoms with Crippen molar-refractivity contribution >= 4 is 28.3 Å². The highest BCUT2D eigenvalue weighted by Crippen LogP contribution is 2.20. The molecule has 2 nitrogen and oxygen atoms in total. The van der Waals surface area contributed by atoms with E-state index in [1.807, 2.05) is 0 Å². The fourth-order valence-electron chi connectivity index (χ4n) is 1.45. The van der Waals surface area contributed by atoms with Gasteiger partial charge >= 0.3 is 0 Å². The number of benzene rings is 2. The Morgan fingerprint density at radius 1 is 1.00 bits per heavy atom. The first kappa shape index (κ1) is 16.9. The van der Waals surface area contributed by atoms with Crippen molar-refractivity contribution in [3.63, 3.8) is 0 Å². The van der Waals surface area contributed by atoms with Gasteiger partial charge in [0.2, 0.25) is 0 Å². The standard InChI is InChI=1S/C14H12F2N2S.HI/c1-19-14(17-12-8-4-2-6-10(12)15)18-13-9-5-3-7-11(13)16;/h2-9H,1H3,(H,17,18);1H/p-1. The van der Waals surface area contributed by atoms with Crippen LogP contribution >= 0.6 is 11.8 Å². The zero-order valence-electron chi connectivity index (χ0n) is 10.6. The van der Waals surface area contributed by atoms with E-state index in [1.165, 1.54) is 23.9 Å². The SMILES string of the molecule is CSC(=Nc1ccccc1F)Nc1ccccc1F.[I-]. The molecule has 2 aromatic rings. The smallest absolute Gasteiger partial charge is 0.166 e. The van der Waals surface area contributed by atoms with E-state index in [0.29, 0.717) is 10.9 Å². The van der Waals surface area contributed by atoms with E-state index in [2.05, 4.69) is 10.3 Å². The molecule has 0 saturated carbocycles. The van der Waals surface area contributed by atoms with Gasteiger partial charge in [0.25, 0.3) is 0 Å². The van der Waals surface area contributed by atoms with Crippen molar-refractivity contribution in [2.45, 2.75) is 0 Å². The summed E-state index contributed by atoms with van der Waals surface area (Å²) in [6.07, 6.45) is 1.79. The highest BCUT2D eigenvalue weighted by molar-refractivity contribution is 8.13. The van der Waals surface area contributed by atoms with Gasteiger partial charge in [0.05, 0.1) is 5.69 Å². The third-order valence-electron chi connectivity index (χ3n) is 2.38. The first-order valence-corrected chi connectivity index (χ1v) is 6.82. The first-order chi connectivity index (χ1) is 9.20. The molecule has 0 aliphatic rings. The zero-order chi connectivity index (χ0) is 13.7. The number of amidine groups is 1. The van der Waals surface area contributed by atoms with Crippen LogP contribution in [-0.2, 0) is 0 Å². The van der Waals surface area contributed by atoms with Crippen LogP contribution < -0.4 is 29.3 Å². The minimum Gasteiger partial charge on any atom is -1.00 e. The summed E-state index contributed by atoms with van der Waals surface area (Å²) in [6, 6.07) is 12.5. The molecule has 0 fully saturated rings. The molecule has 1 N–H and O–H groups in total. The first-order valence-electron chi connectivity index (χ1n) is 5.59. The maximum absolute atomic E-state index is 13.5. The van der Waals surface area contributed by atoms with Crippen molar-refractivity contribution in [2.24, 2.45) is 4.99 Å². The Hall–Kier alpha value is -1.15. The van der Waals surface area contributed by atoms with Crippen molar-refractivity contribution in [2.75, 3.05) is 11.6 Å². The summed E-state index contributed by atoms with van der Waals surface area (Å²) in [4.78, 5) is 4.14. The van der Waals surface area contributed by atoms with Gasteiger partial charge in [0.15, 0.2) is 5.17 Å². The maximum atomic E-state index is 13.5. The van der Waals surface area contributed by atoms with E-state index in [9.17, 15) is 8.78 Å². The molecular formula is C14H12F2IN2S-. The normalized spacial score (nSPS) is 10.8. The molecule has 0 aliphatic heterocycles.